The molecule has 1 unspecified atom stereocenters. The average Bonchev–Trinajstić information content (AvgIpc) is 3.03. The van der Waals surface area contributed by atoms with Gasteiger partial charge in [-0.05, 0) is 44.9 Å². The number of aryl methyl sites for hydroxylation is 3. The molecule has 0 spiro atoms. The molecule has 1 atom stereocenters. The zero-order valence-electron chi connectivity index (χ0n) is 16.9. The van der Waals surface area contributed by atoms with Crippen LogP contribution in [0.25, 0.3) is 0 Å². The number of aromatic nitrogens is 3. The molecule has 0 saturated carbocycles. The van der Waals surface area contributed by atoms with Crippen LogP contribution in [0.3, 0.4) is 0 Å². The zero-order chi connectivity index (χ0) is 20.1. The monoisotopic (exact) mass is 382 g/mol. The van der Waals surface area contributed by atoms with Gasteiger partial charge in [-0.3, -0.25) is 0 Å². The van der Waals surface area contributed by atoms with E-state index in [9.17, 15) is 0 Å². The van der Waals surface area contributed by atoms with Gasteiger partial charge in [0.05, 0.1) is 18.8 Å². The van der Waals surface area contributed by atoms with Crippen LogP contribution in [-0.2, 0) is 6.61 Å². The fraction of sp³-hybridized carbons (Fsp3) is 0.381. The van der Waals surface area contributed by atoms with E-state index in [2.05, 4.69) is 27.4 Å². The summed E-state index contributed by atoms with van der Waals surface area (Å²) in [6.45, 7) is 8.25. The van der Waals surface area contributed by atoms with Gasteiger partial charge in [0.25, 0.3) is 0 Å². The molecule has 3 aromatic rings. The summed E-state index contributed by atoms with van der Waals surface area (Å²) >= 11 is 0. The third-order valence-corrected chi connectivity index (χ3v) is 4.53. The molecule has 2 heterocycles. The fourth-order valence-corrected chi connectivity index (χ4v) is 3.11. The predicted octanol–water partition coefficient (Wildman–Crippen LogP) is 4.54. The first-order chi connectivity index (χ1) is 13.5. The Bertz CT molecular complexity index is 902. The van der Waals surface area contributed by atoms with Crippen molar-refractivity contribution in [1.29, 1.82) is 0 Å². The average molecular weight is 382 g/mol. The molecule has 0 radical (unpaired) electrons. The molecule has 0 fully saturated rings. The van der Waals surface area contributed by atoms with Gasteiger partial charge in [-0.2, -0.15) is 4.98 Å². The lowest BCUT2D eigenvalue weighted by Crippen LogP contribution is -2.13. The first-order valence-electron chi connectivity index (χ1n) is 9.30. The highest BCUT2D eigenvalue weighted by Crippen LogP contribution is 2.28. The third kappa shape index (κ3) is 4.60. The minimum Gasteiger partial charge on any atom is -0.497 e. The molecule has 148 valence electrons. The quantitative estimate of drug-likeness (QED) is 0.612. The fourth-order valence-electron chi connectivity index (χ4n) is 3.11. The highest BCUT2D eigenvalue weighted by Gasteiger charge is 2.19. The lowest BCUT2D eigenvalue weighted by molar-refractivity contribution is 0.292. The normalized spacial score (nSPS) is 11.9. The number of benzene rings is 1. The highest BCUT2D eigenvalue weighted by atomic mass is 16.5. The van der Waals surface area contributed by atoms with Crippen molar-refractivity contribution in [2.75, 3.05) is 12.4 Å². The number of hydrogen-bond acceptors (Lipinski definition) is 7. The molecule has 0 bridgehead atoms. The largest absolute Gasteiger partial charge is 0.497 e. The van der Waals surface area contributed by atoms with E-state index in [-0.39, 0.29) is 6.04 Å². The van der Waals surface area contributed by atoms with Crippen LogP contribution in [0.5, 0.6) is 11.6 Å². The Morgan fingerprint density at radius 2 is 1.86 bits per heavy atom. The topological polar surface area (TPSA) is 82.3 Å². The van der Waals surface area contributed by atoms with Crippen molar-refractivity contribution in [3.63, 3.8) is 0 Å². The summed E-state index contributed by atoms with van der Waals surface area (Å²) in [5.74, 6) is 3.52. The van der Waals surface area contributed by atoms with Crippen molar-refractivity contribution in [3.05, 3.63) is 58.7 Å². The van der Waals surface area contributed by atoms with Gasteiger partial charge in [0.2, 0.25) is 5.88 Å². The molecule has 3 rings (SSSR count). The summed E-state index contributed by atoms with van der Waals surface area (Å²) in [4.78, 5) is 8.88. The van der Waals surface area contributed by atoms with Gasteiger partial charge in [-0.15, -0.1) is 0 Å². The van der Waals surface area contributed by atoms with Crippen molar-refractivity contribution in [3.8, 4) is 11.6 Å². The molecule has 2 aromatic heterocycles. The summed E-state index contributed by atoms with van der Waals surface area (Å²) in [6, 6.07) is 9.62. The molecule has 0 saturated heterocycles. The molecule has 28 heavy (non-hydrogen) atoms. The van der Waals surface area contributed by atoms with Crippen LogP contribution in [0.15, 0.2) is 34.9 Å². The standard InChI is InChI=1S/C21H26N4O3/c1-6-18(21-13(2)25-28-14(21)3)24-19-11-20(23-15(4)22-19)27-12-16-7-9-17(26-5)10-8-16/h7-11,18H,6,12H2,1-5H3,(H,22,23,24). The lowest BCUT2D eigenvalue weighted by atomic mass is 10.0. The zero-order valence-corrected chi connectivity index (χ0v) is 16.9. The van der Waals surface area contributed by atoms with Crippen LogP contribution in [0.1, 0.15) is 47.8 Å². The van der Waals surface area contributed by atoms with E-state index < -0.39 is 0 Å². The van der Waals surface area contributed by atoms with E-state index in [1.54, 1.807) is 7.11 Å². The van der Waals surface area contributed by atoms with Crippen molar-refractivity contribution in [1.82, 2.24) is 15.1 Å². The molecular weight excluding hydrogens is 356 g/mol. The number of anilines is 1. The van der Waals surface area contributed by atoms with Crippen molar-refractivity contribution in [2.45, 2.75) is 46.8 Å². The molecule has 0 aliphatic rings. The van der Waals surface area contributed by atoms with Gasteiger partial charge in [-0.25, -0.2) is 4.98 Å². The molecule has 0 amide bonds. The van der Waals surface area contributed by atoms with E-state index in [0.717, 1.165) is 34.8 Å². The van der Waals surface area contributed by atoms with Crippen LogP contribution in [0.4, 0.5) is 5.82 Å². The number of nitrogens with zero attached hydrogens (tertiary/aromatic N) is 3. The Labute approximate surface area is 165 Å². The maximum Gasteiger partial charge on any atom is 0.219 e. The van der Waals surface area contributed by atoms with Crippen molar-refractivity contribution >= 4 is 5.82 Å². The summed E-state index contributed by atoms with van der Waals surface area (Å²) in [5.41, 5.74) is 2.99. The molecular formula is C21H26N4O3. The van der Waals surface area contributed by atoms with Gasteiger partial charge >= 0.3 is 0 Å². The van der Waals surface area contributed by atoms with Gasteiger partial charge in [-0.1, -0.05) is 24.2 Å². The third-order valence-electron chi connectivity index (χ3n) is 4.53. The maximum atomic E-state index is 5.88. The number of hydrogen-bond donors (Lipinski definition) is 1. The van der Waals surface area contributed by atoms with Gasteiger partial charge in [0.1, 0.15) is 29.8 Å². The predicted molar refractivity (Wildman–Crippen MR) is 107 cm³/mol. The van der Waals surface area contributed by atoms with E-state index in [4.69, 9.17) is 14.0 Å². The smallest absolute Gasteiger partial charge is 0.219 e. The molecule has 1 N–H and O–H groups in total. The van der Waals surface area contributed by atoms with Gasteiger partial charge < -0.3 is 19.3 Å². The van der Waals surface area contributed by atoms with Crippen LogP contribution < -0.4 is 14.8 Å². The first-order valence-corrected chi connectivity index (χ1v) is 9.30. The SMILES string of the molecule is CCC(Nc1cc(OCc2ccc(OC)cc2)nc(C)n1)c1c(C)noc1C. The summed E-state index contributed by atoms with van der Waals surface area (Å²) in [5, 5.41) is 7.52. The molecule has 7 heteroatoms. The second-order valence-corrected chi connectivity index (χ2v) is 6.62. The van der Waals surface area contributed by atoms with Gasteiger partial charge in [0, 0.05) is 11.6 Å². The molecule has 1 aromatic carbocycles. The lowest BCUT2D eigenvalue weighted by Gasteiger charge is -2.18. The number of ether oxygens (including phenoxy) is 2. The molecule has 0 aliphatic carbocycles. The number of rotatable bonds is 8. The Kier molecular flexibility index (Phi) is 6.13. The number of methoxy groups -OCH3 is 1. The van der Waals surface area contributed by atoms with Crippen molar-refractivity contribution < 1.29 is 14.0 Å². The summed E-state index contributed by atoms with van der Waals surface area (Å²) < 4.78 is 16.4. The van der Waals surface area contributed by atoms with Crippen LogP contribution in [0, 0.1) is 20.8 Å². The Morgan fingerprint density at radius 1 is 1.11 bits per heavy atom. The second kappa shape index (κ2) is 8.73. The molecule has 0 aliphatic heterocycles. The van der Waals surface area contributed by atoms with E-state index >= 15 is 0 Å². The Balaban J connectivity index is 1.73. The minimum atomic E-state index is 0.0509. The van der Waals surface area contributed by atoms with Gasteiger partial charge in [0.15, 0.2) is 0 Å². The van der Waals surface area contributed by atoms with E-state index in [1.807, 2.05) is 51.1 Å². The highest BCUT2D eigenvalue weighted by molar-refractivity contribution is 5.42. The maximum absolute atomic E-state index is 5.88. The Morgan fingerprint density at radius 3 is 2.46 bits per heavy atom. The summed E-state index contributed by atoms with van der Waals surface area (Å²) in [7, 11) is 1.65. The van der Waals surface area contributed by atoms with Crippen LogP contribution in [-0.4, -0.2) is 22.2 Å². The summed E-state index contributed by atoms with van der Waals surface area (Å²) in [6.07, 6.45) is 0.869. The van der Waals surface area contributed by atoms with E-state index in [0.29, 0.717) is 24.1 Å². The first kappa shape index (κ1) is 19.7. The van der Waals surface area contributed by atoms with Crippen molar-refractivity contribution in [2.24, 2.45) is 0 Å². The Hall–Kier alpha value is -3.09. The van der Waals surface area contributed by atoms with E-state index in [1.165, 1.54) is 0 Å². The number of nitrogens with one attached hydrogen (secondary N) is 1. The van der Waals surface area contributed by atoms with Crippen LogP contribution in [0.2, 0.25) is 0 Å². The second-order valence-electron chi connectivity index (χ2n) is 6.62. The minimum absolute atomic E-state index is 0.0509. The molecule has 7 nitrogen and oxygen atoms in total. The van der Waals surface area contributed by atoms with Crippen LogP contribution >= 0.6 is 0 Å².